The van der Waals surface area contributed by atoms with Gasteiger partial charge in [-0.05, 0) is 30.3 Å². The van der Waals surface area contributed by atoms with Gasteiger partial charge in [-0.1, -0.05) is 12.1 Å². The fraction of sp³-hybridized carbons (Fsp3) is 0.176. The first kappa shape index (κ1) is 16.0. The zero-order valence-electron chi connectivity index (χ0n) is 12.5. The van der Waals surface area contributed by atoms with Gasteiger partial charge in [0.1, 0.15) is 12.3 Å². The van der Waals surface area contributed by atoms with Crippen LogP contribution in [-0.4, -0.2) is 28.5 Å². The summed E-state index contributed by atoms with van der Waals surface area (Å²) in [6.07, 6.45) is -1.59. The van der Waals surface area contributed by atoms with Gasteiger partial charge in [-0.3, -0.25) is 9.78 Å². The van der Waals surface area contributed by atoms with Crippen molar-refractivity contribution in [3.8, 4) is 0 Å². The first-order valence-corrected chi connectivity index (χ1v) is 7.16. The van der Waals surface area contributed by atoms with Crippen molar-refractivity contribution in [2.24, 2.45) is 0 Å². The minimum absolute atomic E-state index is 0.177. The summed E-state index contributed by atoms with van der Waals surface area (Å²) in [6.45, 7) is -1.62. The predicted octanol–water partition coefficient (Wildman–Crippen LogP) is 4.03. The van der Waals surface area contributed by atoms with Crippen LogP contribution in [0.1, 0.15) is 16.1 Å². The molecule has 1 amide bonds. The highest BCUT2D eigenvalue weighted by molar-refractivity contribution is 6.06. The maximum atomic E-state index is 12.9. The van der Waals surface area contributed by atoms with E-state index in [1.165, 1.54) is 18.4 Å². The number of hydrogen-bond donors (Lipinski definition) is 0. The Hall–Kier alpha value is -2.83. The van der Waals surface area contributed by atoms with Crippen LogP contribution in [0.15, 0.2) is 59.3 Å². The topological polar surface area (TPSA) is 46.3 Å². The van der Waals surface area contributed by atoms with Gasteiger partial charge in [0.15, 0.2) is 0 Å². The van der Waals surface area contributed by atoms with Gasteiger partial charge in [0.05, 0.1) is 18.3 Å². The Morgan fingerprint density at radius 3 is 2.67 bits per heavy atom. The Morgan fingerprint density at radius 2 is 1.96 bits per heavy atom. The summed E-state index contributed by atoms with van der Waals surface area (Å²) in [6, 6.07) is 11.2. The van der Waals surface area contributed by atoms with E-state index >= 15 is 0 Å². The Morgan fingerprint density at radius 1 is 1.12 bits per heavy atom. The molecule has 0 saturated carbocycles. The second kappa shape index (κ2) is 6.35. The predicted molar refractivity (Wildman–Crippen MR) is 81.2 cm³/mol. The lowest BCUT2D eigenvalue weighted by molar-refractivity contribution is -0.142. The van der Waals surface area contributed by atoms with Crippen molar-refractivity contribution < 1.29 is 22.4 Å². The van der Waals surface area contributed by atoms with Gasteiger partial charge in [-0.25, -0.2) is 0 Å². The molecule has 0 bridgehead atoms. The number of alkyl halides is 3. The minimum Gasteiger partial charge on any atom is -0.467 e. The van der Waals surface area contributed by atoms with Crippen LogP contribution >= 0.6 is 0 Å². The molecule has 7 heteroatoms. The standard InChI is InChI=1S/C17H13F3N2O2/c18-17(19,20)11-22(10-12-4-3-9-24-12)16(23)14-5-1-7-15-13(14)6-2-8-21-15/h1-9H,10-11H2. The molecule has 3 rings (SSSR count). The average molecular weight is 334 g/mol. The molecule has 3 aromatic rings. The monoisotopic (exact) mass is 334 g/mol. The molecule has 0 aliphatic heterocycles. The van der Waals surface area contributed by atoms with Crippen LogP contribution in [0.5, 0.6) is 0 Å². The Bertz CT molecular complexity index is 839. The van der Waals surface area contributed by atoms with E-state index in [9.17, 15) is 18.0 Å². The SMILES string of the molecule is O=C(c1cccc2ncccc12)N(Cc1ccco1)CC(F)(F)F. The summed E-state index contributed by atoms with van der Waals surface area (Å²) < 4.78 is 43.7. The highest BCUT2D eigenvalue weighted by atomic mass is 19.4. The number of pyridine rings is 1. The second-order valence-corrected chi connectivity index (χ2v) is 5.23. The van der Waals surface area contributed by atoms with Gasteiger partial charge >= 0.3 is 6.18 Å². The summed E-state index contributed by atoms with van der Waals surface area (Å²) in [4.78, 5) is 17.6. The number of nitrogens with zero attached hydrogens (tertiary/aromatic N) is 2. The van der Waals surface area contributed by atoms with Gasteiger partial charge in [0.25, 0.3) is 5.91 Å². The molecular weight excluding hydrogens is 321 g/mol. The van der Waals surface area contributed by atoms with Gasteiger partial charge < -0.3 is 9.32 Å². The van der Waals surface area contributed by atoms with Crippen LogP contribution in [0.3, 0.4) is 0 Å². The highest BCUT2D eigenvalue weighted by Crippen LogP contribution is 2.23. The van der Waals surface area contributed by atoms with E-state index in [4.69, 9.17) is 4.42 Å². The highest BCUT2D eigenvalue weighted by Gasteiger charge is 2.34. The molecule has 2 aromatic heterocycles. The molecule has 0 radical (unpaired) electrons. The number of aromatic nitrogens is 1. The van der Waals surface area contributed by atoms with Gasteiger partial charge in [-0.2, -0.15) is 13.2 Å². The maximum Gasteiger partial charge on any atom is 0.406 e. The summed E-state index contributed by atoms with van der Waals surface area (Å²) >= 11 is 0. The number of fused-ring (bicyclic) bond motifs is 1. The van der Waals surface area contributed by atoms with E-state index in [-0.39, 0.29) is 17.9 Å². The molecule has 0 atom stereocenters. The molecule has 0 aliphatic carbocycles. The van der Waals surface area contributed by atoms with Crippen molar-refractivity contribution in [2.45, 2.75) is 12.7 Å². The van der Waals surface area contributed by atoms with Crippen molar-refractivity contribution in [2.75, 3.05) is 6.54 Å². The third kappa shape index (κ3) is 3.56. The fourth-order valence-electron chi connectivity index (χ4n) is 2.47. The van der Waals surface area contributed by atoms with Crippen LogP contribution in [0.4, 0.5) is 13.2 Å². The molecule has 24 heavy (non-hydrogen) atoms. The van der Waals surface area contributed by atoms with Crippen LogP contribution in [-0.2, 0) is 6.54 Å². The fourth-order valence-corrected chi connectivity index (χ4v) is 2.47. The number of amides is 1. The summed E-state index contributed by atoms with van der Waals surface area (Å²) in [5.74, 6) is -0.437. The normalized spacial score (nSPS) is 11.6. The molecule has 2 heterocycles. The number of carbonyl (C=O) groups excluding carboxylic acids is 1. The first-order chi connectivity index (χ1) is 11.4. The van der Waals surface area contributed by atoms with E-state index in [0.717, 1.165) is 4.90 Å². The lowest BCUT2D eigenvalue weighted by Crippen LogP contribution is -2.38. The maximum absolute atomic E-state index is 12.9. The molecule has 0 N–H and O–H groups in total. The minimum atomic E-state index is -4.51. The quantitative estimate of drug-likeness (QED) is 0.724. The number of carbonyl (C=O) groups is 1. The van der Waals surface area contributed by atoms with Gasteiger partial charge in [-0.15, -0.1) is 0 Å². The van der Waals surface area contributed by atoms with Crippen LogP contribution in [0, 0.1) is 0 Å². The van der Waals surface area contributed by atoms with Crippen molar-refractivity contribution in [1.82, 2.24) is 9.88 Å². The summed E-state index contributed by atoms with van der Waals surface area (Å²) in [5, 5.41) is 0.511. The number of furan rings is 1. The van der Waals surface area contributed by atoms with E-state index in [0.29, 0.717) is 10.9 Å². The Labute approximate surface area is 135 Å². The average Bonchev–Trinajstić information content (AvgIpc) is 3.05. The number of rotatable bonds is 4. The Balaban J connectivity index is 1.97. The zero-order valence-corrected chi connectivity index (χ0v) is 12.5. The third-order valence-electron chi connectivity index (χ3n) is 3.46. The van der Waals surface area contributed by atoms with Crippen molar-refractivity contribution >= 4 is 16.8 Å². The summed E-state index contributed by atoms with van der Waals surface area (Å²) in [5.41, 5.74) is 0.727. The molecule has 0 aliphatic rings. The van der Waals surface area contributed by atoms with E-state index in [1.54, 1.807) is 36.5 Å². The van der Waals surface area contributed by atoms with Crippen LogP contribution in [0.25, 0.3) is 10.9 Å². The number of hydrogen-bond acceptors (Lipinski definition) is 3. The number of halogens is 3. The van der Waals surface area contributed by atoms with Gasteiger partial charge in [0, 0.05) is 17.1 Å². The third-order valence-corrected chi connectivity index (χ3v) is 3.46. The van der Waals surface area contributed by atoms with Crippen molar-refractivity contribution in [3.63, 3.8) is 0 Å². The van der Waals surface area contributed by atoms with Crippen LogP contribution < -0.4 is 0 Å². The molecule has 124 valence electrons. The number of benzene rings is 1. The van der Waals surface area contributed by atoms with Crippen molar-refractivity contribution in [1.29, 1.82) is 0 Å². The van der Waals surface area contributed by atoms with E-state index in [2.05, 4.69) is 4.98 Å². The molecule has 0 spiro atoms. The van der Waals surface area contributed by atoms with E-state index < -0.39 is 18.6 Å². The molecule has 4 nitrogen and oxygen atoms in total. The molecule has 0 saturated heterocycles. The van der Waals surface area contributed by atoms with E-state index in [1.807, 2.05) is 0 Å². The largest absolute Gasteiger partial charge is 0.467 e. The lowest BCUT2D eigenvalue weighted by atomic mass is 10.1. The smallest absolute Gasteiger partial charge is 0.406 e. The second-order valence-electron chi connectivity index (χ2n) is 5.23. The lowest BCUT2D eigenvalue weighted by Gasteiger charge is -2.23. The van der Waals surface area contributed by atoms with Crippen LogP contribution in [0.2, 0.25) is 0 Å². The molecule has 0 unspecified atom stereocenters. The van der Waals surface area contributed by atoms with Crippen molar-refractivity contribution in [3.05, 3.63) is 66.2 Å². The van der Waals surface area contributed by atoms with Gasteiger partial charge in [0.2, 0.25) is 0 Å². The molecule has 0 fully saturated rings. The molecule has 1 aromatic carbocycles. The summed E-state index contributed by atoms with van der Waals surface area (Å²) in [7, 11) is 0. The Kier molecular flexibility index (Phi) is 4.24. The first-order valence-electron chi connectivity index (χ1n) is 7.16. The zero-order chi connectivity index (χ0) is 17.2. The molecular formula is C17H13F3N2O2.